The molecule has 84 valence electrons. The van der Waals surface area contributed by atoms with Gasteiger partial charge in [0.15, 0.2) is 0 Å². The summed E-state index contributed by atoms with van der Waals surface area (Å²) in [6, 6.07) is 3.89. The zero-order chi connectivity index (χ0) is 11.1. The van der Waals surface area contributed by atoms with Gasteiger partial charge in [-0.25, -0.2) is 4.98 Å². The molecule has 1 aromatic heterocycles. The SMILES string of the molecule is CCC(CCCl)CNc1ncccc1Br. The zero-order valence-electron chi connectivity index (χ0n) is 8.84. The van der Waals surface area contributed by atoms with Gasteiger partial charge in [-0.2, -0.15) is 0 Å². The Hall–Kier alpha value is -0.280. The summed E-state index contributed by atoms with van der Waals surface area (Å²) in [5.74, 6) is 2.26. The Morgan fingerprint density at radius 2 is 2.40 bits per heavy atom. The summed E-state index contributed by atoms with van der Waals surface area (Å²) in [5, 5.41) is 3.33. The number of nitrogens with zero attached hydrogens (tertiary/aromatic N) is 1. The van der Waals surface area contributed by atoms with Crippen LogP contribution >= 0.6 is 27.5 Å². The van der Waals surface area contributed by atoms with E-state index in [0.717, 1.165) is 35.6 Å². The number of hydrogen-bond donors (Lipinski definition) is 1. The quantitative estimate of drug-likeness (QED) is 0.804. The van der Waals surface area contributed by atoms with Crippen molar-refractivity contribution in [3.8, 4) is 0 Å². The molecule has 0 saturated carbocycles. The average molecular weight is 292 g/mol. The van der Waals surface area contributed by atoms with Crippen LogP contribution in [0.15, 0.2) is 22.8 Å². The van der Waals surface area contributed by atoms with Gasteiger partial charge < -0.3 is 5.32 Å². The number of nitrogens with one attached hydrogen (secondary N) is 1. The van der Waals surface area contributed by atoms with Gasteiger partial charge in [-0.3, -0.25) is 0 Å². The molecule has 0 bridgehead atoms. The lowest BCUT2D eigenvalue weighted by atomic mass is 10.0. The van der Waals surface area contributed by atoms with Gasteiger partial charge in [-0.05, 0) is 40.4 Å². The molecule has 1 N–H and O–H groups in total. The van der Waals surface area contributed by atoms with Crippen molar-refractivity contribution < 1.29 is 0 Å². The van der Waals surface area contributed by atoms with E-state index in [-0.39, 0.29) is 0 Å². The minimum Gasteiger partial charge on any atom is -0.369 e. The van der Waals surface area contributed by atoms with Crippen LogP contribution < -0.4 is 5.32 Å². The summed E-state index contributed by atoms with van der Waals surface area (Å²) in [4.78, 5) is 4.25. The predicted molar refractivity (Wildman–Crippen MR) is 69.5 cm³/mol. The number of pyridine rings is 1. The lowest BCUT2D eigenvalue weighted by molar-refractivity contribution is 0.521. The summed E-state index contributed by atoms with van der Waals surface area (Å²) in [6.45, 7) is 3.12. The molecule has 0 fully saturated rings. The zero-order valence-corrected chi connectivity index (χ0v) is 11.2. The van der Waals surface area contributed by atoms with E-state index in [1.54, 1.807) is 6.20 Å². The van der Waals surface area contributed by atoms with E-state index in [1.807, 2.05) is 12.1 Å². The number of alkyl halides is 1. The first-order valence-corrected chi connectivity index (χ1v) is 6.51. The fourth-order valence-corrected chi connectivity index (χ4v) is 2.07. The topological polar surface area (TPSA) is 24.9 Å². The van der Waals surface area contributed by atoms with Gasteiger partial charge in [-0.1, -0.05) is 13.3 Å². The molecule has 1 unspecified atom stereocenters. The molecule has 0 saturated heterocycles. The van der Waals surface area contributed by atoms with Crippen LogP contribution in [-0.4, -0.2) is 17.4 Å². The standard InChI is InChI=1S/C11H16BrClN2/c1-2-9(5-6-13)8-15-11-10(12)4-3-7-14-11/h3-4,7,9H,2,5-6,8H2,1H3,(H,14,15). The number of anilines is 1. The summed E-state index contributed by atoms with van der Waals surface area (Å²) in [6.07, 6.45) is 3.98. The van der Waals surface area contributed by atoms with Crippen LogP contribution in [0.4, 0.5) is 5.82 Å². The molecule has 0 spiro atoms. The second-order valence-electron chi connectivity index (χ2n) is 3.47. The van der Waals surface area contributed by atoms with Crippen molar-refractivity contribution in [2.75, 3.05) is 17.7 Å². The van der Waals surface area contributed by atoms with Crippen LogP contribution in [0.3, 0.4) is 0 Å². The van der Waals surface area contributed by atoms with Crippen molar-refractivity contribution in [3.63, 3.8) is 0 Å². The minimum absolute atomic E-state index is 0.622. The molecule has 2 nitrogen and oxygen atoms in total. The molecule has 1 heterocycles. The largest absolute Gasteiger partial charge is 0.369 e. The van der Waals surface area contributed by atoms with Gasteiger partial charge in [0.2, 0.25) is 0 Å². The molecule has 0 aliphatic rings. The third-order valence-electron chi connectivity index (χ3n) is 2.41. The Morgan fingerprint density at radius 1 is 1.60 bits per heavy atom. The van der Waals surface area contributed by atoms with Gasteiger partial charge in [0.05, 0.1) is 4.47 Å². The van der Waals surface area contributed by atoms with Crippen molar-refractivity contribution in [2.45, 2.75) is 19.8 Å². The van der Waals surface area contributed by atoms with E-state index < -0.39 is 0 Å². The van der Waals surface area contributed by atoms with Gasteiger partial charge in [0.25, 0.3) is 0 Å². The molecule has 0 aromatic carbocycles. The van der Waals surface area contributed by atoms with Gasteiger partial charge in [0, 0.05) is 18.6 Å². The molecule has 1 aromatic rings. The fourth-order valence-electron chi connectivity index (χ4n) is 1.36. The molecule has 0 aliphatic carbocycles. The average Bonchev–Trinajstić information content (AvgIpc) is 2.26. The van der Waals surface area contributed by atoms with Gasteiger partial charge >= 0.3 is 0 Å². The van der Waals surface area contributed by atoms with E-state index in [1.165, 1.54) is 0 Å². The molecule has 0 radical (unpaired) electrons. The van der Waals surface area contributed by atoms with Crippen molar-refractivity contribution >= 4 is 33.3 Å². The number of halogens is 2. The molecule has 15 heavy (non-hydrogen) atoms. The van der Waals surface area contributed by atoms with Crippen LogP contribution in [0.1, 0.15) is 19.8 Å². The van der Waals surface area contributed by atoms with Crippen molar-refractivity contribution in [3.05, 3.63) is 22.8 Å². The number of aromatic nitrogens is 1. The van der Waals surface area contributed by atoms with Gasteiger partial charge in [0.1, 0.15) is 5.82 Å². The second-order valence-corrected chi connectivity index (χ2v) is 4.70. The highest BCUT2D eigenvalue weighted by Gasteiger charge is 2.06. The highest BCUT2D eigenvalue weighted by atomic mass is 79.9. The Labute approximate surface area is 105 Å². The third-order valence-corrected chi connectivity index (χ3v) is 3.27. The van der Waals surface area contributed by atoms with E-state index in [9.17, 15) is 0 Å². The smallest absolute Gasteiger partial charge is 0.140 e. The summed E-state index contributed by atoms with van der Waals surface area (Å²) >= 11 is 9.19. The van der Waals surface area contributed by atoms with Crippen LogP contribution in [0.2, 0.25) is 0 Å². The highest BCUT2D eigenvalue weighted by molar-refractivity contribution is 9.10. The third kappa shape index (κ3) is 4.39. The van der Waals surface area contributed by atoms with Gasteiger partial charge in [-0.15, -0.1) is 11.6 Å². The molecule has 0 aliphatic heterocycles. The summed E-state index contributed by atoms with van der Waals surface area (Å²) in [7, 11) is 0. The summed E-state index contributed by atoms with van der Waals surface area (Å²) in [5.41, 5.74) is 0. The van der Waals surface area contributed by atoms with Crippen LogP contribution in [0, 0.1) is 5.92 Å². The van der Waals surface area contributed by atoms with Crippen LogP contribution in [0.5, 0.6) is 0 Å². The van der Waals surface area contributed by atoms with Crippen LogP contribution in [0.25, 0.3) is 0 Å². The normalized spacial score (nSPS) is 12.5. The Kier molecular flexibility index (Phi) is 6.03. The predicted octanol–water partition coefficient (Wildman–Crippen LogP) is 3.91. The summed E-state index contributed by atoms with van der Waals surface area (Å²) < 4.78 is 1.01. The molecule has 1 atom stereocenters. The maximum atomic E-state index is 5.74. The fraction of sp³-hybridized carbons (Fsp3) is 0.545. The molecule has 1 rings (SSSR count). The maximum Gasteiger partial charge on any atom is 0.140 e. The van der Waals surface area contributed by atoms with E-state index in [0.29, 0.717) is 5.92 Å². The van der Waals surface area contributed by atoms with E-state index >= 15 is 0 Å². The minimum atomic E-state index is 0.622. The Balaban J connectivity index is 2.45. The lowest BCUT2D eigenvalue weighted by Gasteiger charge is -2.15. The van der Waals surface area contributed by atoms with Crippen molar-refractivity contribution in [1.82, 2.24) is 4.98 Å². The monoisotopic (exact) mass is 290 g/mol. The number of hydrogen-bond acceptors (Lipinski definition) is 2. The molecular weight excluding hydrogens is 275 g/mol. The van der Waals surface area contributed by atoms with Crippen molar-refractivity contribution in [2.24, 2.45) is 5.92 Å². The Bertz CT molecular complexity index is 294. The van der Waals surface area contributed by atoms with Crippen LogP contribution in [-0.2, 0) is 0 Å². The highest BCUT2D eigenvalue weighted by Crippen LogP contribution is 2.19. The number of rotatable bonds is 6. The van der Waals surface area contributed by atoms with E-state index in [4.69, 9.17) is 11.6 Å². The first kappa shape index (κ1) is 12.8. The molecule has 0 amide bonds. The first-order valence-electron chi connectivity index (χ1n) is 5.18. The first-order chi connectivity index (χ1) is 7.27. The Morgan fingerprint density at radius 3 is 3.00 bits per heavy atom. The lowest BCUT2D eigenvalue weighted by Crippen LogP contribution is -2.15. The van der Waals surface area contributed by atoms with Crippen molar-refractivity contribution in [1.29, 1.82) is 0 Å². The second kappa shape index (κ2) is 7.07. The molecule has 4 heteroatoms. The molecular formula is C11H16BrClN2. The van der Waals surface area contributed by atoms with E-state index in [2.05, 4.69) is 33.2 Å². The maximum absolute atomic E-state index is 5.74.